The molecule has 0 aliphatic heterocycles. The van der Waals surface area contributed by atoms with E-state index in [-0.39, 0.29) is 17.5 Å². The molecule has 2 fully saturated rings. The summed E-state index contributed by atoms with van der Waals surface area (Å²) in [6.45, 7) is 3.74. The second-order valence-corrected chi connectivity index (χ2v) is 10.9. The molecule has 0 bridgehead atoms. The highest BCUT2D eigenvalue weighted by atomic mass is 16.3. The number of aliphatic hydroxyl groups is 1. The highest BCUT2D eigenvalue weighted by Crippen LogP contribution is 2.66. The molecule has 1 aromatic carbocycles. The van der Waals surface area contributed by atoms with Crippen LogP contribution in [-0.2, 0) is 9.59 Å². The Kier molecular flexibility index (Phi) is 5.01. The molecule has 4 nitrogen and oxygen atoms in total. The summed E-state index contributed by atoms with van der Waals surface area (Å²) in [5, 5.41) is 11.6. The highest BCUT2D eigenvalue weighted by Gasteiger charge is 2.64. The molecule has 0 heterocycles. The van der Waals surface area contributed by atoms with E-state index in [1.807, 2.05) is 20.2 Å². The van der Waals surface area contributed by atoms with Gasteiger partial charge in [-0.25, -0.2) is 0 Å². The second-order valence-electron chi connectivity index (χ2n) is 10.9. The van der Waals surface area contributed by atoms with E-state index in [1.54, 1.807) is 6.92 Å². The molecule has 1 unspecified atom stereocenters. The Morgan fingerprint density at radius 2 is 1.81 bits per heavy atom. The van der Waals surface area contributed by atoms with Crippen LogP contribution in [0.3, 0.4) is 0 Å². The van der Waals surface area contributed by atoms with Gasteiger partial charge in [0.1, 0.15) is 5.60 Å². The van der Waals surface area contributed by atoms with Crippen molar-refractivity contribution in [2.45, 2.75) is 70.3 Å². The van der Waals surface area contributed by atoms with E-state index in [9.17, 15) is 14.7 Å². The van der Waals surface area contributed by atoms with Crippen molar-refractivity contribution in [3.05, 3.63) is 52.6 Å². The third-order valence-electron chi connectivity index (χ3n) is 9.28. The molecule has 4 aliphatic rings. The minimum absolute atomic E-state index is 0.0834. The zero-order valence-corrected chi connectivity index (χ0v) is 19.8. The summed E-state index contributed by atoms with van der Waals surface area (Å²) in [7, 11) is 4.09. The number of ketones is 2. The van der Waals surface area contributed by atoms with Crippen LogP contribution in [0.4, 0.5) is 5.69 Å². The third-order valence-corrected chi connectivity index (χ3v) is 9.28. The van der Waals surface area contributed by atoms with Gasteiger partial charge in [-0.1, -0.05) is 24.6 Å². The van der Waals surface area contributed by atoms with Crippen LogP contribution in [0.15, 0.2) is 47.1 Å². The van der Waals surface area contributed by atoms with Gasteiger partial charge >= 0.3 is 0 Å². The molecular weight excluding hydrogens is 398 g/mol. The van der Waals surface area contributed by atoms with E-state index in [4.69, 9.17) is 0 Å². The van der Waals surface area contributed by atoms with Crippen LogP contribution in [0, 0.1) is 17.3 Å². The van der Waals surface area contributed by atoms with E-state index < -0.39 is 11.0 Å². The van der Waals surface area contributed by atoms with Crippen molar-refractivity contribution < 1.29 is 14.7 Å². The van der Waals surface area contributed by atoms with E-state index >= 15 is 0 Å². The number of carbonyl (C=O) groups is 2. The van der Waals surface area contributed by atoms with Crippen LogP contribution in [-0.4, -0.2) is 36.4 Å². The lowest BCUT2D eigenvalue weighted by molar-refractivity contribution is -0.152. The Bertz CT molecular complexity index is 1030. The number of hydrogen-bond acceptors (Lipinski definition) is 4. The Balaban J connectivity index is 1.67. The number of hydrogen-bond donors (Lipinski definition) is 1. The molecule has 0 amide bonds. The number of anilines is 1. The Labute approximate surface area is 191 Å². The van der Waals surface area contributed by atoms with Gasteiger partial charge in [-0.3, -0.25) is 9.59 Å². The molecule has 0 radical (unpaired) electrons. The number of carbonyl (C=O) groups excluding carboxylic acids is 2. The van der Waals surface area contributed by atoms with E-state index in [0.717, 1.165) is 37.8 Å². The van der Waals surface area contributed by atoms with Gasteiger partial charge in [0, 0.05) is 37.5 Å². The summed E-state index contributed by atoms with van der Waals surface area (Å²) in [6, 6.07) is 8.78. The lowest BCUT2D eigenvalue weighted by Gasteiger charge is -2.54. The Morgan fingerprint density at radius 3 is 2.47 bits per heavy atom. The molecule has 4 heteroatoms. The first-order valence-corrected chi connectivity index (χ1v) is 12.1. The summed E-state index contributed by atoms with van der Waals surface area (Å²) in [6.07, 6.45) is 7.53. The summed E-state index contributed by atoms with van der Waals surface area (Å²) < 4.78 is 0. The maximum absolute atomic E-state index is 12.7. The second kappa shape index (κ2) is 7.41. The fourth-order valence-electron chi connectivity index (χ4n) is 7.55. The molecule has 5 rings (SSSR count). The van der Waals surface area contributed by atoms with Gasteiger partial charge in [0.2, 0.25) is 0 Å². The quantitative estimate of drug-likeness (QED) is 0.731. The molecule has 170 valence electrons. The Morgan fingerprint density at radius 1 is 1.09 bits per heavy atom. The first kappa shape index (κ1) is 21.6. The van der Waals surface area contributed by atoms with Gasteiger partial charge in [-0.15, -0.1) is 0 Å². The van der Waals surface area contributed by atoms with Crippen molar-refractivity contribution in [1.82, 2.24) is 0 Å². The molecule has 1 aromatic rings. The molecule has 0 aromatic heterocycles. The average Bonchev–Trinajstić information content (AvgIpc) is 3.04. The van der Waals surface area contributed by atoms with Gasteiger partial charge < -0.3 is 10.0 Å². The lowest BCUT2D eigenvalue weighted by atomic mass is 9.51. The summed E-state index contributed by atoms with van der Waals surface area (Å²) in [4.78, 5) is 27.0. The summed E-state index contributed by atoms with van der Waals surface area (Å²) in [5.41, 5.74) is 4.91. The minimum Gasteiger partial charge on any atom is -0.382 e. The highest BCUT2D eigenvalue weighted by molar-refractivity contribution is 5.93. The van der Waals surface area contributed by atoms with E-state index in [0.29, 0.717) is 24.7 Å². The van der Waals surface area contributed by atoms with Crippen LogP contribution in [0.5, 0.6) is 0 Å². The van der Waals surface area contributed by atoms with Crippen molar-refractivity contribution in [2.75, 3.05) is 19.0 Å². The maximum Gasteiger partial charge on any atom is 0.161 e. The average molecular weight is 434 g/mol. The lowest BCUT2D eigenvalue weighted by Crippen LogP contribution is -2.55. The van der Waals surface area contributed by atoms with Crippen LogP contribution < -0.4 is 4.90 Å². The molecule has 2 saturated carbocycles. The number of fused-ring (bicyclic) bond motifs is 4. The SMILES string of the molecule is CC(=O)[C@@]1(O)CC[C@H]2[C@@H]3CCC4=CC(=O)CCC4=C3[C@@H](c3ccc(N(C)C)cc3)CC21C. The molecule has 32 heavy (non-hydrogen) atoms. The predicted molar refractivity (Wildman–Crippen MR) is 127 cm³/mol. The first-order chi connectivity index (χ1) is 15.2. The van der Waals surface area contributed by atoms with Gasteiger partial charge in [-0.2, -0.15) is 0 Å². The van der Waals surface area contributed by atoms with Crippen molar-refractivity contribution in [2.24, 2.45) is 17.3 Å². The standard InChI is InChI=1S/C28H35NO3/c1-17(30)28(32)14-13-25-23-11-7-19-15-21(31)10-12-22(19)26(23)24(16-27(25,28)2)18-5-8-20(9-6-18)29(3)4/h5-6,8-9,15,23-25,32H,7,10-14,16H2,1-4H3/t23-,24+,25-,27?,28-/m0/s1. The fraction of sp³-hybridized carbons (Fsp3) is 0.571. The van der Waals surface area contributed by atoms with Gasteiger partial charge in [0.05, 0.1) is 0 Å². The maximum atomic E-state index is 12.7. The smallest absolute Gasteiger partial charge is 0.161 e. The zero-order chi connectivity index (χ0) is 22.8. The minimum atomic E-state index is -1.24. The molecule has 5 atom stereocenters. The van der Waals surface area contributed by atoms with Crippen LogP contribution in [0.25, 0.3) is 0 Å². The topological polar surface area (TPSA) is 57.6 Å². The van der Waals surface area contributed by atoms with Crippen molar-refractivity contribution in [1.29, 1.82) is 0 Å². The van der Waals surface area contributed by atoms with Crippen LogP contribution >= 0.6 is 0 Å². The van der Waals surface area contributed by atoms with Crippen molar-refractivity contribution in [3.8, 4) is 0 Å². The zero-order valence-electron chi connectivity index (χ0n) is 19.8. The number of Topliss-reactive ketones (excluding diaryl/α,β-unsaturated/α-hetero) is 1. The summed E-state index contributed by atoms with van der Waals surface area (Å²) in [5.74, 6) is 1.03. The van der Waals surface area contributed by atoms with Crippen molar-refractivity contribution in [3.63, 3.8) is 0 Å². The number of rotatable bonds is 3. The predicted octanol–water partition coefficient (Wildman–Crippen LogP) is 4.97. The number of benzene rings is 1. The Hall–Kier alpha value is -2.20. The molecule has 0 spiro atoms. The normalized spacial score (nSPS) is 36.2. The third kappa shape index (κ3) is 2.98. The number of nitrogens with zero attached hydrogens (tertiary/aromatic N) is 1. The van der Waals surface area contributed by atoms with Crippen molar-refractivity contribution >= 4 is 17.3 Å². The first-order valence-electron chi connectivity index (χ1n) is 12.1. The van der Waals surface area contributed by atoms with Gasteiger partial charge in [-0.05, 0) is 92.2 Å². The molecular formula is C28H35NO3. The monoisotopic (exact) mass is 433 g/mol. The molecule has 1 N–H and O–H groups in total. The van der Waals surface area contributed by atoms with Crippen LogP contribution in [0.1, 0.15) is 70.3 Å². The van der Waals surface area contributed by atoms with Gasteiger partial charge in [0.25, 0.3) is 0 Å². The summed E-state index contributed by atoms with van der Waals surface area (Å²) >= 11 is 0. The molecule has 4 aliphatic carbocycles. The van der Waals surface area contributed by atoms with Crippen LogP contribution in [0.2, 0.25) is 0 Å². The van der Waals surface area contributed by atoms with E-state index in [2.05, 4.69) is 36.1 Å². The molecule has 0 saturated heterocycles. The number of allylic oxidation sites excluding steroid dienone is 4. The van der Waals surface area contributed by atoms with E-state index in [1.165, 1.54) is 22.3 Å². The fourth-order valence-corrected chi connectivity index (χ4v) is 7.55. The largest absolute Gasteiger partial charge is 0.382 e. The van der Waals surface area contributed by atoms with Gasteiger partial charge in [0.15, 0.2) is 11.6 Å².